The number of nitrogens with zero attached hydrogens (tertiary/aromatic N) is 5. The van der Waals surface area contributed by atoms with Crippen LogP contribution in [0.5, 0.6) is 0 Å². The van der Waals surface area contributed by atoms with Crippen molar-refractivity contribution in [3.05, 3.63) is 105 Å². The summed E-state index contributed by atoms with van der Waals surface area (Å²) < 4.78 is 0. The Hall–Kier alpha value is -4.12. The third-order valence-corrected chi connectivity index (χ3v) is 11.1. The van der Waals surface area contributed by atoms with Gasteiger partial charge >= 0.3 is 6.09 Å². The number of likely N-dealkylation sites (N-methyl/N-ethyl adjacent to an activating group) is 1. The summed E-state index contributed by atoms with van der Waals surface area (Å²) in [6.07, 6.45) is 0.245. The highest BCUT2D eigenvalue weighted by Gasteiger charge is 2.47. The first-order valence-corrected chi connectivity index (χ1v) is 17.8. The van der Waals surface area contributed by atoms with Gasteiger partial charge in [0.2, 0.25) is 11.8 Å². The van der Waals surface area contributed by atoms with Gasteiger partial charge in [0.15, 0.2) is 0 Å². The van der Waals surface area contributed by atoms with Crippen molar-refractivity contribution in [1.82, 2.24) is 24.5 Å². The van der Waals surface area contributed by atoms with Gasteiger partial charge in [-0.25, -0.2) is 4.79 Å². The van der Waals surface area contributed by atoms with Crippen molar-refractivity contribution in [1.29, 1.82) is 0 Å². The van der Waals surface area contributed by atoms with E-state index in [-0.39, 0.29) is 29.8 Å². The number of carbonyl (C=O) groups is 4. The minimum atomic E-state index is -1.14. The fourth-order valence-electron chi connectivity index (χ4n) is 7.78. The summed E-state index contributed by atoms with van der Waals surface area (Å²) in [7, 11) is 1.45. The fraction of sp³-hybridized carbons (Fsp3) is 0.421. The molecule has 0 spiro atoms. The number of likely N-dealkylation sites (tertiary alicyclic amines) is 2. The zero-order valence-electron chi connectivity index (χ0n) is 28.6. The normalized spacial score (nSPS) is 21.0. The molecular weight excluding hydrogens is 677 g/mol. The largest absolute Gasteiger partial charge is 0.465 e. The number of amides is 4. The smallest absolute Gasteiger partial charge is 0.407 e. The summed E-state index contributed by atoms with van der Waals surface area (Å²) in [5.74, 6) is -0.261. The molecule has 0 radical (unpaired) electrons. The van der Waals surface area contributed by atoms with E-state index < -0.39 is 18.2 Å². The minimum absolute atomic E-state index is 0.0127. The molecular formula is C38H43Cl2N5O5. The van der Waals surface area contributed by atoms with Crippen molar-refractivity contribution in [3.63, 3.8) is 0 Å². The molecule has 4 atom stereocenters. The van der Waals surface area contributed by atoms with Gasteiger partial charge in [0.25, 0.3) is 5.91 Å². The summed E-state index contributed by atoms with van der Waals surface area (Å²) in [5.41, 5.74) is 4.39. The van der Waals surface area contributed by atoms with E-state index in [9.17, 15) is 24.3 Å². The standard InChI is InChI=1S/C38H43Cl2N5O5/c1-24-15-25(2)17-28(16-24)36(47)43-13-14-44(34(23-43)27-9-10-31(39)32(40)19-27)35(46)11-12-42-21-30-20-29(42)22-45(30)37(48)33(41(3)38(49)50)18-26-7-5-4-6-8-26/h4-10,15-17,19,29-30,33-34H,11-14,18,20-23H2,1-3H3,(H,49,50)/t29-,30-,33-,34-/m0/s1. The zero-order chi connectivity index (χ0) is 35.7. The molecule has 264 valence electrons. The van der Waals surface area contributed by atoms with Gasteiger partial charge in [0.05, 0.1) is 16.1 Å². The van der Waals surface area contributed by atoms with Crippen molar-refractivity contribution in [2.75, 3.05) is 46.3 Å². The third kappa shape index (κ3) is 7.62. The average Bonchev–Trinajstić information content (AvgIpc) is 3.71. The van der Waals surface area contributed by atoms with E-state index in [0.29, 0.717) is 67.7 Å². The summed E-state index contributed by atoms with van der Waals surface area (Å²) in [5, 5.41) is 10.5. The van der Waals surface area contributed by atoms with Crippen LogP contribution in [-0.4, -0.2) is 118 Å². The van der Waals surface area contributed by atoms with Crippen LogP contribution in [0.4, 0.5) is 4.79 Å². The van der Waals surface area contributed by atoms with Gasteiger partial charge in [-0.1, -0.05) is 76.8 Å². The Morgan fingerprint density at radius 1 is 0.860 bits per heavy atom. The first-order valence-electron chi connectivity index (χ1n) is 17.1. The topological polar surface area (TPSA) is 105 Å². The number of hydrogen-bond donors (Lipinski definition) is 1. The maximum absolute atomic E-state index is 13.9. The first-order chi connectivity index (χ1) is 23.9. The Kier molecular flexibility index (Phi) is 10.7. The molecule has 3 fully saturated rings. The van der Waals surface area contributed by atoms with Gasteiger partial charge in [-0.2, -0.15) is 0 Å². The maximum Gasteiger partial charge on any atom is 0.407 e. The van der Waals surface area contributed by atoms with Crippen LogP contribution in [0, 0.1) is 13.8 Å². The number of benzene rings is 3. The second kappa shape index (κ2) is 15.0. The fourth-order valence-corrected chi connectivity index (χ4v) is 8.09. The monoisotopic (exact) mass is 719 g/mol. The van der Waals surface area contributed by atoms with Crippen LogP contribution in [-0.2, 0) is 16.0 Å². The average molecular weight is 721 g/mol. The molecule has 0 aromatic heterocycles. The van der Waals surface area contributed by atoms with Crippen LogP contribution < -0.4 is 0 Å². The molecule has 2 bridgehead atoms. The van der Waals surface area contributed by atoms with E-state index >= 15 is 0 Å². The van der Waals surface area contributed by atoms with E-state index in [1.165, 1.54) is 7.05 Å². The van der Waals surface area contributed by atoms with E-state index in [2.05, 4.69) is 4.90 Å². The number of carboxylic acid groups (broad SMARTS) is 1. The quantitative estimate of drug-likeness (QED) is 0.312. The number of carbonyl (C=O) groups excluding carboxylic acids is 3. The van der Waals surface area contributed by atoms with Gasteiger partial charge in [-0.15, -0.1) is 0 Å². The van der Waals surface area contributed by atoms with Crippen molar-refractivity contribution < 1.29 is 24.3 Å². The van der Waals surface area contributed by atoms with Gasteiger partial charge in [-0.05, 0) is 55.7 Å². The lowest BCUT2D eigenvalue weighted by molar-refractivity contribution is -0.139. The predicted molar refractivity (Wildman–Crippen MR) is 193 cm³/mol. The van der Waals surface area contributed by atoms with Crippen LogP contribution in [0.15, 0.2) is 66.7 Å². The SMILES string of the molecule is Cc1cc(C)cc(C(=O)N2CCN(C(=O)CCN3C[C@@H]4C[C@H]3CN4C(=O)[C@H](Cc3ccccc3)N(C)C(=O)O)[C@H](c3ccc(Cl)c(Cl)c3)C2)c1. The molecule has 0 unspecified atom stereocenters. The van der Waals surface area contributed by atoms with Gasteiger partial charge < -0.3 is 19.8 Å². The predicted octanol–water partition coefficient (Wildman–Crippen LogP) is 5.53. The Labute approximate surface area is 303 Å². The number of hydrogen-bond acceptors (Lipinski definition) is 5. The molecule has 3 heterocycles. The van der Waals surface area contributed by atoms with E-state index in [0.717, 1.165) is 33.6 Å². The molecule has 0 saturated carbocycles. The van der Waals surface area contributed by atoms with Gasteiger partial charge in [0, 0.05) is 76.8 Å². The number of halogens is 2. The molecule has 3 aliphatic heterocycles. The van der Waals surface area contributed by atoms with Crippen molar-refractivity contribution in [2.45, 2.75) is 57.3 Å². The Balaban J connectivity index is 1.11. The van der Waals surface area contributed by atoms with E-state index in [4.69, 9.17) is 23.2 Å². The van der Waals surface area contributed by atoms with E-state index in [1.54, 1.807) is 12.1 Å². The molecule has 0 aliphatic carbocycles. The molecule has 6 rings (SSSR count). The van der Waals surface area contributed by atoms with Crippen molar-refractivity contribution in [2.24, 2.45) is 0 Å². The molecule has 4 amide bonds. The number of piperazine rings is 2. The molecule has 3 aromatic carbocycles. The number of fused-ring (bicyclic) bond motifs is 2. The molecule has 10 nitrogen and oxygen atoms in total. The lowest BCUT2D eigenvalue weighted by atomic mass is 10.00. The van der Waals surface area contributed by atoms with Crippen LogP contribution in [0.25, 0.3) is 0 Å². The zero-order valence-corrected chi connectivity index (χ0v) is 30.1. The van der Waals surface area contributed by atoms with Gasteiger partial charge in [0.1, 0.15) is 6.04 Å². The van der Waals surface area contributed by atoms with Crippen LogP contribution in [0.1, 0.15) is 51.5 Å². The summed E-state index contributed by atoms with van der Waals surface area (Å²) >= 11 is 12.7. The Bertz CT molecular complexity index is 1750. The molecule has 12 heteroatoms. The number of rotatable bonds is 9. The second-order valence-corrected chi connectivity index (χ2v) is 14.6. The highest BCUT2D eigenvalue weighted by atomic mass is 35.5. The van der Waals surface area contributed by atoms with Crippen LogP contribution >= 0.6 is 23.2 Å². The van der Waals surface area contributed by atoms with Gasteiger partial charge in [-0.3, -0.25) is 24.2 Å². The highest BCUT2D eigenvalue weighted by molar-refractivity contribution is 6.42. The summed E-state index contributed by atoms with van der Waals surface area (Å²) in [4.78, 5) is 62.1. The molecule has 3 aliphatic rings. The minimum Gasteiger partial charge on any atom is -0.465 e. The molecule has 50 heavy (non-hydrogen) atoms. The molecule has 3 saturated heterocycles. The second-order valence-electron chi connectivity index (χ2n) is 13.8. The molecule has 3 aromatic rings. The third-order valence-electron chi connectivity index (χ3n) is 10.4. The highest BCUT2D eigenvalue weighted by Crippen LogP contribution is 2.34. The number of aryl methyl sites for hydroxylation is 2. The van der Waals surface area contributed by atoms with Crippen molar-refractivity contribution in [3.8, 4) is 0 Å². The van der Waals surface area contributed by atoms with Crippen LogP contribution in [0.2, 0.25) is 10.0 Å². The summed E-state index contributed by atoms with van der Waals surface area (Å²) in [6.45, 7) is 6.75. The first kappa shape index (κ1) is 35.7. The Morgan fingerprint density at radius 3 is 2.22 bits per heavy atom. The van der Waals surface area contributed by atoms with Crippen molar-refractivity contribution >= 4 is 47.0 Å². The van der Waals surface area contributed by atoms with Crippen LogP contribution in [0.3, 0.4) is 0 Å². The Morgan fingerprint density at radius 2 is 1.58 bits per heavy atom. The lowest BCUT2D eigenvalue weighted by Gasteiger charge is -2.42. The van der Waals surface area contributed by atoms with E-state index in [1.807, 2.05) is 83.1 Å². The summed E-state index contributed by atoms with van der Waals surface area (Å²) in [6, 6.07) is 19.5. The lowest BCUT2D eigenvalue weighted by Crippen LogP contribution is -2.56. The maximum atomic E-state index is 13.9. The molecule has 1 N–H and O–H groups in total.